The number of H-pyrrole nitrogens is 1. The number of hydrogen-bond donors (Lipinski definition) is 2. The van der Waals surface area contributed by atoms with E-state index >= 15 is 0 Å². The van der Waals surface area contributed by atoms with Crippen molar-refractivity contribution >= 4 is 40.1 Å². The summed E-state index contributed by atoms with van der Waals surface area (Å²) in [4.78, 5) is 30.1. The fourth-order valence-corrected chi connectivity index (χ4v) is 2.77. The Balaban J connectivity index is 1.82. The van der Waals surface area contributed by atoms with E-state index < -0.39 is 5.97 Å². The predicted molar refractivity (Wildman–Crippen MR) is 83.2 cm³/mol. The second-order valence-corrected chi connectivity index (χ2v) is 6.04. The molecule has 0 radical (unpaired) electrons. The van der Waals surface area contributed by atoms with Gasteiger partial charge in [-0.3, -0.25) is 10.1 Å². The molecule has 2 heterocycles. The van der Waals surface area contributed by atoms with Crippen molar-refractivity contribution in [3.05, 3.63) is 16.9 Å². The number of imidazole rings is 1. The Hall–Kier alpha value is -1.94. The summed E-state index contributed by atoms with van der Waals surface area (Å²) in [6.07, 6.45) is 2.17. The Morgan fingerprint density at radius 2 is 2.23 bits per heavy atom. The smallest absolute Gasteiger partial charge is 0.356 e. The number of aromatic amines is 1. The minimum absolute atomic E-state index is 0.150. The Labute approximate surface area is 135 Å². The van der Waals surface area contributed by atoms with Crippen molar-refractivity contribution in [3.8, 4) is 0 Å². The van der Waals surface area contributed by atoms with Gasteiger partial charge in [0.05, 0.1) is 18.6 Å². The van der Waals surface area contributed by atoms with Crippen LogP contribution in [0.4, 0.5) is 5.13 Å². The third-order valence-electron chi connectivity index (χ3n) is 2.40. The van der Waals surface area contributed by atoms with Crippen molar-refractivity contribution < 1.29 is 14.3 Å². The van der Waals surface area contributed by atoms with Crippen LogP contribution in [0.3, 0.4) is 0 Å². The molecule has 0 unspecified atom stereocenters. The van der Waals surface area contributed by atoms with Gasteiger partial charge in [-0.05, 0) is 13.3 Å². The maximum absolute atomic E-state index is 11.8. The fourth-order valence-electron chi connectivity index (χ4n) is 1.43. The molecule has 0 aliphatic heterocycles. The number of thioether (sulfide) groups is 1. The molecule has 8 nitrogen and oxygen atoms in total. The average molecular weight is 341 g/mol. The minimum Gasteiger partial charge on any atom is -0.461 e. The van der Waals surface area contributed by atoms with Gasteiger partial charge in [0.1, 0.15) is 10.7 Å². The Morgan fingerprint density at radius 3 is 2.91 bits per heavy atom. The molecular weight excluding hydrogens is 326 g/mol. The Bertz CT molecular complexity index is 655. The van der Waals surface area contributed by atoms with Gasteiger partial charge in [0.25, 0.3) is 0 Å². The number of amides is 1. The molecular formula is C12H15N5O3S2. The van der Waals surface area contributed by atoms with E-state index in [2.05, 4.69) is 25.5 Å². The summed E-state index contributed by atoms with van der Waals surface area (Å²) in [5.41, 5.74) is 0.265. The van der Waals surface area contributed by atoms with Crippen molar-refractivity contribution in [2.75, 3.05) is 17.7 Å². The second-order valence-electron chi connectivity index (χ2n) is 4.01. The first-order chi connectivity index (χ1) is 10.6. The molecule has 0 atom stereocenters. The largest absolute Gasteiger partial charge is 0.461 e. The lowest BCUT2D eigenvalue weighted by molar-refractivity contribution is -0.113. The van der Waals surface area contributed by atoms with Gasteiger partial charge in [0.2, 0.25) is 11.0 Å². The molecule has 2 aromatic heterocycles. The zero-order valence-electron chi connectivity index (χ0n) is 12.1. The molecule has 2 aromatic rings. The van der Waals surface area contributed by atoms with Gasteiger partial charge in [0, 0.05) is 0 Å². The minimum atomic E-state index is -0.466. The summed E-state index contributed by atoms with van der Waals surface area (Å²) in [7, 11) is 0. The normalized spacial score (nSPS) is 10.5. The summed E-state index contributed by atoms with van der Waals surface area (Å²) >= 11 is 2.53. The lowest BCUT2D eigenvalue weighted by atomic mass is 10.5. The molecule has 0 spiro atoms. The summed E-state index contributed by atoms with van der Waals surface area (Å²) in [6, 6.07) is 0. The average Bonchev–Trinajstić information content (AvgIpc) is 3.14. The van der Waals surface area contributed by atoms with Crippen LogP contribution < -0.4 is 5.32 Å². The number of nitrogens with zero attached hydrogens (tertiary/aromatic N) is 3. The van der Waals surface area contributed by atoms with Crippen LogP contribution >= 0.6 is 23.1 Å². The first-order valence-corrected chi connectivity index (χ1v) is 8.39. The van der Waals surface area contributed by atoms with Crippen LogP contribution in [0, 0.1) is 0 Å². The molecule has 10 heteroatoms. The zero-order valence-corrected chi connectivity index (χ0v) is 13.7. The van der Waals surface area contributed by atoms with Gasteiger partial charge in [0.15, 0.2) is 5.16 Å². The zero-order chi connectivity index (χ0) is 15.9. The lowest BCUT2D eigenvalue weighted by Gasteiger charge is -1.99. The van der Waals surface area contributed by atoms with Gasteiger partial charge in [-0.2, -0.15) is 0 Å². The van der Waals surface area contributed by atoms with Crippen molar-refractivity contribution in [3.63, 3.8) is 0 Å². The number of rotatable bonds is 7. The second kappa shape index (κ2) is 7.90. The molecule has 0 bridgehead atoms. The summed E-state index contributed by atoms with van der Waals surface area (Å²) in [6.45, 7) is 4.00. The SMILES string of the molecule is CCOC(=O)c1cnc(SCC(=O)Nc2nnc(CC)s2)[nH]1. The first kappa shape index (κ1) is 16.4. The van der Waals surface area contributed by atoms with E-state index in [9.17, 15) is 9.59 Å². The van der Waals surface area contributed by atoms with Crippen LogP contribution in [0.2, 0.25) is 0 Å². The van der Waals surface area contributed by atoms with Crippen LogP contribution in [-0.4, -0.2) is 44.4 Å². The highest BCUT2D eigenvalue weighted by Crippen LogP contribution is 2.17. The number of nitrogens with one attached hydrogen (secondary N) is 2. The lowest BCUT2D eigenvalue weighted by Crippen LogP contribution is -2.14. The van der Waals surface area contributed by atoms with Gasteiger partial charge in [-0.25, -0.2) is 9.78 Å². The molecule has 2 N–H and O–H groups in total. The van der Waals surface area contributed by atoms with E-state index in [0.717, 1.165) is 11.4 Å². The van der Waals surface area contributed by atoms with Crippen LogP contribution in [0.5, 0.6) is 0 Å². The Kier molecular flexibility index (Phi) is 5.90. The summed E-state index contributed by atoms with van der Waals surface area (Å²) < 4.78 is 4.85. The van der Waals surface area contributed by atoms with Crippen LogP contribution in [-0.2, 0) is 16.0 Å². The van der Waals surface area contributed by atoms with Crippen molar-refractivity contribution in [1.82, 2.24) is 20.2 Å². The van der Waals surface area contributed by atoms with Crippen LogP contribution in [0.25, 0.3) is 0 Å². The third-order valence-corrected chi connectivity index (χ3v) is 4.27. The molecule has 0 saturated carbocycles. The van der Waals surface area contributed by atoms with Crippen molar-refractivity contribution in [2.24, 2.45) is 0 Å². The van der Waals surface area contributed by atoms with Crippen molar-refractivity contribution in [1.29, 1.82) is 0 Å². The van der Waals surface area contributed by atoms with E-state index in [1.165, 1.54) is 29.3 Å². The molecule has 0 saturated heterocycles. The highest BCUT2D eigenvalue weighted by atomic mass is 32.2. The number of anilines is 1. The fraction of sp³-hybridized carbons (Fsp3) is 0.417. The Morgan fingerprint density at radius 1 is 1.41 bits per heavy atom. The van der Waals surface area contributed by atoms with Gasteiger partial charge >= 0.3 is 5.97 Å². The van der Waals surface area contributed by atoms with E-state index in [0.29, 0.717) is 16.9 Å². The van der Waals surface area contributed by atoms with E-state index in [1.54, 1.807) is 6.92 Å². The predicted octanol–water partition coefficient (Wildman–Crippen LogP) is 1.73. The number of carbonyl (C=O) groups is 2. The number of esters is 1. The number of aryl methyl sites for hydroxylation is 1. The van der Waals surface area contributed by atoms with Gasteiger partial charge in [-0.1, -0.05) is 30.0 Å². The summed E-state index contributed by atoms with van der Waals surface area (Å²) in [5.74, 6) is -0.526. The highest BCUT2D eigenvalue weighted by Gasteiger charge is 2.12. The first-order valence-electron chi connectivity index (χ1n) is 6.59. The number of carbonyl (C=O) groups excluding carboxylic acids is 2. The standard InChI is InChI=1S/C12H15N5O3S2/c1-3-9-16-17-12(22-9)15-8(18)6-21-11-13-5-7(14-11)10(19)20-4-2/h5H,3-4,6H2,1-2H3,(H,13,14)(H,15,17,18). The maximum Gasteiger partial charge on any atom is 0.356 e. The molecule has 2 rings (SSSR count). The monoisotopic (exact) mass is 341 g/mol. The summed E-state index contributed by atoms with van der Waals surface area (Å²) in [5, 5.41) is 12.3. The van der Waals surface area contributed by atoms with E-state index in [-0.39, 0.29) is 17.4 Å². The molecule has 0 aliphatic carbocycles. The molecule has 0 fully saturated rings. The van der Waals surface area contributed by atoms with E-state index in [4.69, 9.17) is 4.74 Å². The maximum atomic E-state index is 11.8. The van der Waals surface area contributed by atoms with E-state index in [1.807, 2.05) is 6.92 Å². The molecule has 0 aliphatic rings. The number of hydrogen-bond acceptors (Lipinski definition) is 8. The van der Waals surface area contributed by atoms with Crippen molar-refractivity contribution in [2.45, 2.75) is 25.4 Å². The quantitative estimate of drug-likeness (QED) is 0.583. The van der Waals surface area contributed by atoms with Crippen LogP contribution in [0.1, 0.15) is 29.3 Å². The number of aromatic nitrogens is 4. The molecule has 118 valence electrons. The molecule has 22 heavy (non-hydrogen) atoms. The molecule has 1 amide bonds. The van der Waals surface area contributed by atoms with Gasteiger partial charge < -0.3 is 9.72 Å². The highest BCUT2D eigenvalue weighted by molar-refractivity contribution is 7.99. The van der Waals surface area contributed by atoms with Gasteiger partial charge in [-0.15, -0.1) is 10.2 Å². The van der Waals surface area contributed by atoms with Crippen LogP contribution in [0.15, 0.2) is 11.4 Å². The third kappa shape index (κ3) is 4.53. The topological polar surface area (TPSA) is 110 Å². The number of ether oxygens (including phenoxy) is 1. The molecule has 0 aromatic carbocycles.